The van der Waals surface area contributed by atoms with Crippen LogP contribution in [0.5, 0.6) is 0 Å². The van der Waals surface area contributed by atoms with E-state index in [1.807, 2.05) is 6.92 Å². The number of hydrogen-bond donors (Lipinski definition) is 0. The molecule has 2 aromatic rings. The van der Waals surface area contributed by atoms with Gasteiger partial charge in [-0.25, -0.2) is 14.6 Å². The van der Waals surface area contributed by atoms with E-state index in [2.05, 4.69) is 24.9 Å². The van der Waals surface area contributed by atoms with E-state index in [4.69, 9.17) is 0 Å². The van der Waals surface area contributed by atoms with Gasteiger partial charge in [0, 0.05) is 31.4 Å². The van der Waals surface area contributed by atoms with Crippen molar-refractivity contribution < 1.29 is 4.79 Å². The average Bonchev–Trinajstić information content (AvgIpc) is 3.15. The zero-order valence-electron chi connectivity index (χ0n) is 16.8. The number of carbonyl (C=O) groups is 1. The number of piperidine rings is 2. The number of nitrogens with zero attached hydrogens (tertiary/aromatic N) is 6. The van der Waals surface area contributed by atoms with Gasteiger partial charge in [-0.3, -0.25) is 4.79 Å². The Hall–Kier alpha value is -2.12. The van der Waals surface area contributed by atoms with Crippen LogP contribution < -0.4 is 0 Å². The van der Waals surface area contributed by atoms with Crippen molar-refractivity contribution in [2.24, 2.45) is 0 Å². The van der Waals surface area contributed by atoms with Gasteiger partial charge in [-0.05, 0) is 64.9 Å². The van der Waals surface area contributed by atoms with E-state index < -0.39 is 0 Å². The molecule has 4 heterocycles. The molecule has 2 aliphatic heterocycles. The molecule has 0 aliphatic carbocycles. The van der Waals surface area contributed by atoms with Gasteiger partial charge in [0.15, 0.2) is 5.78 Å². The summed E-state index contributed by atoms with van der Waals surface area (Å²) >= 11 is 0. The van der Waals surface area contributed by atoms with Crippen LogP contribution in [0.2, 0.25) is 0 Å². The average molecular weight is 383 g/mol. The first-order valence-electron chi connectivity index (χ1n) is 10.5. The molecule has 7 heteroatoms. The molecule has 2 aliphatic rings. The Morgan fingerprint density at radius 2 is 1.79 bits per heavy atom. The highest BCUT2D eigenvalue weighted by molar-refractivity contribution is 5.97. The van der Waals surface area contributed by atoms with Crippen molar-refractivity contribution in [3.8, 4) is 5.95 Å². The highest BCUT2D eigenvalue weighted by Crippen LogP contribution is 2.21. The molecule has 7 nitrogen and oxygen atoms in total. The third kappa shape index (κ3) is 4.31. The number of ketones is 1. The lowest BCUT2D eigenvalue weighted by Crippen LogP contribution is -2.47. The lowest BCUT2D eigenvalue weighted by Gasteiger charge is -2.40. The Morgan fingerprint density at radius 3 is 2.50 bits per heavy atom. The molecule has 0 N–H and O–H groups in total. The molecule has 28 heavy (non-hydrogen) atoms. The molecule has 0 atom stereocenters. The Morgan fingerprint density at radius 1 is 1.07 bits per heavy atom. The van der Waals surface area contributed by atoms with Crippen molar-refractivity contribution in [2.45, 2.75) is 51.5 Å². The van der Waals surface area contributed by atoms with E-state index in [0.717, 1.165) is 31.4 Å². The smallest absolute Gasteiger partial charge is 0.250 e. The molecule has 2 fully saturated rings. The van der Waals surface area contributed by atoms with Crippen LogP contribution in [0.1, 0.15) is 54.6 Å². The second-order valence-corrected chi connectivity index (χ2v) is 7.95. The molecule has 0 aromatic carbocycles. The minimum atomic E-state index is 0.151. The standard InChI is InChI=1S/C21H30N6O/c1-17-19(16-24-27(17)21-22-9-5-10-23-21)20(28)8-15-25-13-6-18(7-14-25)26-11-3-2-4-12-26/h5,9-10,16,18H,2-4,6-8,11-15H2,1H3. The zero-order valence-corrected chi connectivity index (χ0v) is 16.8. The molecule has 0 radical (unpaired) electrons. The SMILES string of the molecule is Cc1c(C(=O)CCN2CCC(N3CCCCC3)CC2)cnn1-c1ncccn1. The molecule has 2 saturated heterocycles. The molecule has 0 saturated carbocycles. The molecule has 150 valence electrons. The quantitative estimate of drug-likeness (QED) is 0.715. The summed E-state index contributed by atoms with van der Waals surface area (Å²) in [5.41, 5.74) is 1.48. The topological polar surface area (TPSA) is 67.2 Å². The molecular formula is C21H30N6O. The number of rotatable bonds is 6. The second-order valence-electron chi connectivity index (χ2n) is 7.95. The summed E-state index contributed by atoms with van der Waals surface area (Å²) in [5, 5.41) is 4.32. The first-order valence-corrected chi connectivity index (χ1v) is 10.5. The van der Waals surface area contributed by atoms with Gasteiger partial charge < -0.3 is 9.80 Å². The number of aromatic nitrogens is 4. The number of carbonyl (C=O) groups excluding carboxylic acids is 1. The summed E-state index contributed by atoms with van der Waals surface area (Å²) < 4.78 is 1.64. The van der Waals surface area contributed by atoms with Gasteiger partial charge in [0.25, 0.3) is 5.95 Å². The highest BCUT2D eigenvalue weighted by atomic mass is 16.1. The van der Waals surface area contributed by atoms with Crippen LogP contribution in [-0.4, -0.2) is 74.1 Å². The van der Waals surface area contributed by atoms with E-state index in [9.17, 15) is 4.79 Å². The summed E-state index contributed by atoms with van der Waals surface area (Å²) in [5.74, 6) is 0.650. The van der Waals surface area contributed by atoms with Crippen molar-refractivity contribution in [1.82, 2.24) is 29.5 Å². The lowest BCUT2D eigenvalue weighted by molar-refractivity contribution is 0.0847. The summed E-state index contributed by atoms with van der Waals surface area (Å²) in [6, 6.07) is 2.52. The van der Waals surface area contributed by atoms with E-state index in [-0.39, 0.29) is 5.78 Å². The molecule has 2 aromatic heterocycles. The zero-order chi connectivity index (χ0) is 19.3. The van der Waals surface area contributed by atoms with Crippen LogP contribution >= 0.6 is 0 Å². The first kappa shape index (κ1) is 19.2. The van der Waals surface area contributed by atoms with Crippen molar-refractivity contribution in [2.75, 3.05) is 32.7 Å². The van der Waals surface area contributed by atoms with Gasteiger partial charge in [-0.15, -0.1) is 0 Å². The van der Waals surface area contributed by atoms with Gasteiger partial charge in [0.1, 0.15) is 0 Å². The normalized spacial score (nSPS) is 19.8. The fraction of sp³-hybridized carbons (Fsp3) is 0.619. The minimum absolute atomic E-state index is 0.151. The maximum Gasteiger partial charge on any atom is 0.250 e. The van der Waals surface area contributed by atoms with E-state index in [0.29, 0.717) is 17.9 Å². The van der Waals surface area contributed by atoms with Gasteiger partial charge in [-0.2, -0.15) is 5.10 Å². The maximum atomic E-state index is 12.7. The van der Waals surface area contributed by atoms with Crippen molar-refractivity contribution in [1.29, 1.82) is 0 Å². The second kappa shape index (κ2) is 8.92. The van der Waals surface area contributed by atoms with E-state index in [1.165, 1.54) is 45.2 Å². The van der Waals surface area contributed by atoms with Gasteiger partial charge in [-0.1, -0.05) is 6.42 Å². The minimum Gasteiger partial charge on any atom is -0.303 e. The van der Waals surface area contributed by atoms with Crippen LogP contribution in [0.3, 0.4) is 0 Å². The predicted molar refractivity (Wildman–Crippen MR) is 108 cm³/mol. The first-order chi connectivity index (χ1) is 13.7. The van der Waals surface area contributed by atoms with Crippen LogP contribution in [0.25, 0.3) is 5.95 Å². The fourth-order valence-electron chi connectivity index (χ4n) is 4.47. The van der Waals surface area contributed by atoms with Gasteiger partial charge in [0.05, 0.1) is 17.5 Å². The molecule has 0 bridgehead atoms. The maximum absolute atomic E-state index is 12.7. The molecule has 0 spiro atoms. The third-order valence-electron chi connectivity index (χ3n) is 6.17. The van der Waals surface area contributed by atoms with Crippen molar-refractivity contribution in [3.63, 3.8) is 0 Å². The Labute approximate surface area is 166 Å². The van der Waals surface area contributed by atoms with Crippen LogP contribution in [-0.2, 0) is 0 Å². The van der Waals surface area contributed by atoms with E-state index in [1.54, 1.807) is 29.3 Å². The number of hydrogen-bond acceptors (Lipinski definition) is 6. The predicted octanol–water partition coefficient (Wildman–Crippen LogP) is 2.49. The summed E-state index contributed by atoms with van der Waals surface area (Å²) in [6.45, 7) is 7.49. The van der Waals surface area contributed by atoms with Crippen molar-refractivity contribution >= 4 is 5.78 Å². The van der Waals surface area contributed by atoms with Gasteiger partial charge >= 0.3 is 0 Å². The summed E-state index contributed by atoms with van der Waals surface area (Å²) in [7, 11) is 0. The number of likely N-dealkylation sites (tertiary alicyclic amines) is 2. The monoisotopic (exact) mass is 382 g/mol. The Bertz CT molecular complexity index is 775. The lowest BCUT2D eigenvalue weighted by atomic mass is 9.99. The summed E-state index contributed by atoms with van der Waals surface area (Å²) in [6.07, 6.45) is 12.1. The molecule has 0 amide bonds. The third-order valence-corrected chi connectivity index (χ3v) is 6.17. The molecular weight excluding hydrogens is 352 g/mol. The highest BCUT2D eigenvalue weighted by Gasteiger charge is 2.26. The fourth-order valence-corrected chi connectivity index (χ4v) is 4.47. The van der Waals surface area contributed by atoms with Crippen LogP contribution in [0, 0.1) is 6.92 Å². The Balaban J connectivity index is 1.28. The molecule has 4 rings (SSSR count). The van der Waals surface area contributed by atoms with Crippen LogP contribution in [0.4, 0.5) is 0 Å². The van der Waals surface area contributed by atoms with E-state index >= 15 is 0 Å². The number of Topliss-reactive ketones (excluding diaryl/α,β-unsaturated/α-hetero) is 1. The Kier molecular flexibility index (Phi) is 6.12. The largest absolute Gasteiger partial charge is 0.303 e. The van der Waals surface area contributed by atoms with Gasteiger partial charge in [0.2, 0.25) is 0 Å². The van der Waals surface area contributed by atoms with Crippen LogP contribution in [0.15, 0.2) is 24.7 Å². The molecule has 0 unspecified atom stereocenters. The van der Waals surface area contributed by atoms with Crippen molar-refractivity contribution in [3.05, 3.63) is 35.9 Å². The summed E-state index contributed by atoms with van der Waals surface area (Å²) in [4.78, 5) is 26.3.